The molecule has 3 nitrogen and oxygen atoms in total. The molecular formula is C15H17FN2O. The van der Waals surface area contributed by atoms with E-state index in [9.17, 15) is 4.39 Å². The highest BCUT2D eigenvalue weighted by Gasteiger charge is 2.04. The third-order valence-corrected chi connectivity index (χ3v) is 2.64. The predicted octanol–water partition coefficient (Wildman–Crippen LogP) is 2.69. The molecule has 4 heteroatoms. The van der Waals surface area contributed by atoms with Crippen molar-refractivity contribution in [3.8, 4) is 5.75 Å². The van der Waals surface area contributed by atoms with Crippen LogP contribution in [0, 0.1) is 5.82 Å². The van der Waals surface area contributed by atoms with E-state index in [1.54, 1.807) is 12.4 Å². The zero-order valence-corrected chi connectivity index (χ0v) is 10.8. The van der Waals surface area contributed by atoms with Crippen LogP contribution in [0.5, 0.6) is 5.75 Å². The normalized spacial score (nSPS) is 12.2. The minimum Gasteiger partial charge on any atom is -0.489 e. The summed E-state index contributed by atoms with van der Waals surface area (Å²) >= 11 is 0. The molecule has 0 amide bonds. The van der Waals surface area contributed by atoms with Crippen molar-refractivity contribution in [2.45, 2.75) is 26.0 Å². The molecule has 1 unspecified atom stereocenters. The van der Waals surface area contributed by atoms with E-state index >= 15 is 0 Å². The van der Waals surface area contributed by atoms with E-state index < -0.39 is 0 Å². The smallest absolute Gasteiger partial charge is 0.127 e. The number of pyridine rings is 1. The fraction of sp³-hybridized carbons (Fsp3) is 0.267. The number of nitrogens with zero attached hydrogens (tertiary/aromatic N) is 1. The summed E-state index contributed by atoms with van der Waals surface area (Å²) in [6, 6.07) is 8.42. The molecule has 2 aromatic rings. The van der Waals surface area contributed by atoms with Crippen molar-refractivity contribution < 1.29 is 9.13 Å². The lowest BCUT2D eigenvalue weighted by Crippen LogP contribution is -2.17. The minimum absolute atomic E-state index is 0.00477. The van der Waals surface area contributed by atoms with Gasteiger partial charge in [0.05, 0.1) is 0 Å². The van der Waals surface area contributed by atoms with Crippen LogP contribution in [0.25, 0.3) is 0 Å². The van der Waals surface area contributed by atoms with Gasteiger partial charge in [-0.2, -0.15) is 0 Å². The van der Waals surface area contributed by atoms with Gasteiger partial charge in [-0.1, -0.05) is 0 Å². The van der Waals surface area contributed by atoms with Crippen LogP contribution in [0.15, 0.2) is 42.7 Å². The average Bonchev–Trinajstić information content (AvgIpc) is 2.36. The van der Waals surface area contributed by atoms with Gasteiger partial charge in [0.1, 0.15) is 18.2 Å². The molecule has 0 saturated carbocycles. The van der Waals surface area contributed by atoms with Crippen LogP contribution in [-0.2, 0) is 13.0 Å². The maximum Gasteiger partial charge on any atom is 0.127 e. The lowest BCUT2D eigenvalue weighted by atomic mass is 10.1. The van der Waals surface area contributed by atoms with Crippen molar-refractivity contribution in [2.24, 2.45) is 5.73 Å². The van der Waals surface area contributed by atoms with E-state index in [0.29, 0.717) is 18.8 Å². The third-order valence-electron chi connectivity index (χ3n) is 2.64. The second kappa shape index (κ2) is 6.29. The SMILES string of the molecule is CC(N)Cc1cc(F)cc(OCc2ccncc2)c1. The van der Waals surface area contributed by atoms with E-state index in [1.165, 1.54) is 12.1 Å². The monoisotopic (exact) mass is 260 g/mol. The van der Waals surface area contributed by atoms with Crippen molar-refractivity contribution in [1.82, 2.24) is 4.98 Å². The van der Waals surface area contributed by atoms with Gasteiger partial charge in [0.15, 0.2) is 0 Å². The summed E-state index contributed by atoms with van der Waals surface area (Å²) in [7, 11) is 0. The Hall–Kier alpha value is -1.94. The molecule has 0 aliphatic heterocycles. The molecule has 19 heavy (non-hydrogen) atoms. The molecule has 2 rings (SSSR count). The van der Waals surface area contributed by atoms with Crippen LogP contribution in [-0.4, -0.2) is 11.0 Å². The van der Waals surface area contributed by atoms with Gasteiger partial charge in [-0.25, -0.2) is 4.39 Å². The van der Waals surface area contributed by atoms with Crippen molar-refractivity contribution in [1.29, 1.82) is 0 Å². The summed E-state index contributed by atoms with van der Waals surface area (Å²) in [5.74, 6) is 0.218. The Morgan fingerprint density at radius 1 is 1.21 bits per heavy atom. The molecule has 2 N–H and O–H groups in total. The second-order valence-corrected chi connectivity index (χ2v) is 4.62. The lowest BCUT2D eigenvalue weighted by Gasteiger charge is -2.10. The van der Waals surface area contributed by atoms with Gasteiger partial charge in [0.25, 0.3) is 0 Å². The number of hydrogen-bond acceptors (Lipinski definition) is 3. The number of aromatic nitrogens is 1. The quantitative estimate of drug-likeness (QED) is 0.899. The summed E-state index contributed by atoms with van der Waals surface area (Å²) < 4.78 is 19.1. The molecule has 0 bridgehead atoms. The number of nitrogens with two attached hydrogens (primary N) is 1. The predicted molar refractivity (Wildman–Crippen MR) is 72.3 cm³/mol. The number of rotatable bonds is 5. The van der Waals surface area contributed by atoms with Gasteiger partial charge in [0.2, 0.25) is 0 Å². The first-order valence-corrected chi connectivity index (χ1v) is 6.20. The molecule has 0 spiro atoms. The second-order valence-electron chi connectivity index (χ2n) is 4.62. The fourth-order valence-electron chi connectivity index (χ4n) is 1.84. The fourth-order valence-corrected chi connectivity index (χ4v) is 1.84. The maximum atomic E-state index is 13.5. The van der Waals surface area contributed by atoms with Crippen LogP contribution in [0.3, 0.4) is 0 Å². The van der Waals surface area contributed by atoms with Crippen molar-refractivity contribution in [3.63, 3.8) is 0 Å². The summed E-state index contributed by atoms with van der Waals surface area (Å²) in [6.45, 7) is 2.28. The van der Waals surface area contributed by atoms with Gasteiger partial charge in [-0.3, -0.25) is 4.98 Å². The molecule has 1 aromatic heterocycles. The lowest BCUT2D eigenvalue weighted by molar-refractivity contribution is 0.304. The minimum atomic E-state index is -0.303. The molecule has 0 fully saturated rings. The van der Waals surface area contributed by atoms with Crippen LogP contribution in [0.2, 0.25) is 0 Å². The number of halogens is 1. The number of benzene rings is 1. The Morgan fingerprint density at radius 2 is 1.95 bits per heavy atom. The molecular weight excluding hydrogens is 243 g/mol. The van der Waals surface area contributed by atoms with E-state index in [0.717, 1.165) is 11.1 Å². The van der Waals surface area contributed by atoms with Crippen molar-refractivity contribution in [2.75, 3.05) is 0 Å². The highest BCUT2D eigenvalue weighted by Crippen LogP contribution is 2.18. The molecule has 100 valence electrons. The Bertz CT molecular complexity index is 529. The van der Waals surface area contributed by atoms with Crippen molar-refractivity contribution in [3.05, 3.63) is 59.7 Å². The van der Waals surface area contributed by atoms with Crippen LogP contribution in [0.1, 0.15) is 18.1 Å². The number of ether oxygens (including phenoxy) is 1. The largest absolute Gasteiger partial charge is 0.489 e. The first kappa shape index (κ1) is 13.5. The van der Waals surface area contributed by atoms with E-state index in [-0.39, 0.29) is 11.9 Å². The van der Waals surface area contributed by atoms with Gasteiger partial charge in [0, 0.05) is 24.5 Å². The first-order chi connectivity index (χ1) is 9.13. The van der Waals surface area contributed by atoms with E-state index in [4.69, 9.17) is 10.5 Å². The molecule has 0 aliphatic rings. The summed E-state index contributed by atoms with van der Waals surface area (Å²) in [5.41, 5.74) is 7.56. The summed E-state index contributed by atoms with van der Waals surface area (Å²) in [6.07, 6.45) is 4.03. The topological polar surface area (TPSA) is 48.1 Å². The first-order valence-electron chi connectivity index (χ1n) is 6.20. The zero-order chi connectivity index (χ0) is 13.7. The van der Waals surface area contributed by atoms with Gasteiger partial charge >= 0.3 is 0 Å². The van der Waals surface area contributed by atoms with Gasteiger partial charge in [-0.15, -0.1) is 0 Å². The van der Waals surface area contributed by atoms with Gasteiger partial charge in [-0.05, 0) is 48.7 Å². The van der Waals surface area contributed by atoms with Crippen LogP contribution in [0.4, 0.5) is 4.39 Å². The Balaban J connectivity index is 2.05. The van der Waals surface area contributed by atoms with E-state index in [1.807, 2.05) is 25.1 Å². The summed E-state index contributed by atoms with van der Waals surface area (Å²) in [5, 5.41) is 0. The van der Waals surface area contributed by atoms with Crippen LogP contribution < -0.4 is 10.5 Å². The maximum absolute atomic E-state index is 13.5. The van der Waals surface area contributed by atoms with Crippen LogP contribution >= 0.6 is 0 Å². The van der Waals surface area contributed by atoms with Gasteiger partial charge < -0.3 is 10.5 Å². The highest BCUT2D eigenvalue weighted by molar-refractivity contribution is 5.30. The molecule has 1 atom stereocenters. The Morgan fingerprint density at radius 3 is 2.63 bits per heavy atom. The number of hydrogen-bond donors (Lipinski definition) is 1. The van der Waals surface area contributed by atoms with E-state index in [2.05, 4.69) is 4.98 Å². The Labute approximate surface area is 112 Å². The summed E-state index contributed by atoms with van der Waals surface area (Å²) in [4.78, 5) is 3.93. The third kappa shape index (κ3) is 4.34. The molecule has 0 saturated heterocycles. The average molecular weight is 260 g/mol. The highest BCUT2D eigenvalue weighted by atomic mass is 19.1. The molecule has 0 radical (unpaired) electrons. The molecule has 1 heterocycles. The Kier molecular flexibility index (Phi) is 4.47. The molecule has 1 aromatic carbocycles. The zero-order valence-electron chi connectivity index (χ0n) is 10.8. The standard InChI is InChI=1S/C15H17FN2O/c1-11(17)6-13-7-14(16)9-15(8-13)19-10-12-2-4-18-5-3-12/h2-5,7-9,11H,6,10,17H2,1H3. The van der Waals surface area contributed by atoms with Crippen molar-refractivity contribution >= 4 is 0 Å². The molecule has 0 aliphatic carbocycles.